The first-order valence-electron chi connectivity index (χ1n) is 8.71. The topological polar surface area (TPSA) is 114 Å². The van der Waals surface area contributed by atoms with Gasteiger partial charge in [-0.3, -0.25) is 14.9 Å². The Morgan fingerprint density at radius 2 is 2.15 bits per heavy atom. The number of para-hydroxylation sites is 2. The molecular weight excluding hydrogens is 340 g/mol. The molecule has 0 aliphatic carbocycles. The molecule has 0 unspecified atom stereocenters. The second kappa shape index (κ2) is 9.71. The van der Waals surface area contributed by atoms with Crippen LogP contribution in [0.5, 0.6) is 0 Å². The molecule has 1 aliphatic rings. The van der Waals surface area contributed by atoms with Gasteiger partial charge in [-0.05, 0) is 32.3 Å². The van der Waals surface area contributed by atoms with E-state index in [1.807, 2.05) is 6.92 Å². The summed E-state index contributed by atoms with van der Waals surface area (Å²) in [4.78, 5) is 36.8. The van der Waals surface area contributed by atoms with Gasteiger partial charge in [0.25, 0.3) is 5.69 Å². The number of likely N-dealkylation sites (tertiary alicyclic amines) is 1. The third-order valence-corrected chi connectivity index (χ3v) is 4.13. The minimum absolute atomic E-state index is 0.116. The average Bonchev–Trinajstić information content (AvgIpc) is 3.11. The van der Waals surface area contributed by atoms with Crippen molar-refractivity contribution in [3.8, 4) is 0 Å². The minimum Gasteiger partial charge on any atom is -0.382 e. The van der Waals surface area contributed by atoms with Crippen LogP contribution in [0.3, 0.4) is 0 Å². The van der Waals surface area contributed by atoms with E-state index >= 15 is 0 Å². The zero-order valence-electron chi connectivity index (χ0n) is 14.8. The van der Waals surface area contributed by atoms with Crippen molar-refractivity contribution in [3.63, 3.8) is 0 Å². The molecule has 0 saturated carbocycles. The molecule has 0 radical (unpaired) electrons. The zero-order valence-corrected chi connectivity index (χ0v) is 14.8. The number of carbonyl (C=O) groups is 2. The molecule has 2 rings (SSSR count). The number of nitrogens with one attached hydrogen (secondary N) is 2. The minimum atomic E-state index is -0.565. The average molecular weight is 364 g/mol. The summed E-state index contributed by atoms with van der Waals surface area (Å²) in [5.74, 6) is -0.211. The predicted molar refractivity (Wildman–Crippen MR) is 96.0 cm³/mol. The Morgan fingerprint density at radius 3 is 2.88 bits per heavy atom. The summed E-state index contributed by atoms with van der Waals surface area (Å²) < 4.78 is 5.22. The van der Waals surface area contributed by atoms with Gasteiger partial charge in [-0.25, -0.2) is 4.79 Å². The van der Waals surface area contributed by atoms with Gasteiger partial charge in [0.2, 0.25) is 5.91 Å². The van der Waals surface area contributed by atoms with Crippen LogP contribution in [0.15, 0.2) is 24.3 Å². The molecule has 2 N–H and O–H groups in total. The van der Waals surface area contributed by atoms with Gasteiger partial charge >= 0.3 is 6.03 Å². The highest BCUT2D eigenvalue weighted by atomic mass is 16.6. The molecule has 1 saturated heterocycles. The summed E-state index contributed by atoms with van der Waals surface area (Å²) in [5, 5.41) is 16.4. The highest BCUT2D eigenvalue weighted by molar-refractivity contribution is 5.95. The summed E-state index contributed by atoms with van der Waals surface area (Å²) in [6.07, 6.45) is 1.98. The number of nitro groups is 1. The molecule has 9 nitrogen and oxygen atoms in total. The summed E-state index contributed by atoms with van der Waals surface area (Å²) in [6, 6.07) is 4.85. The maximum atomic E-state index is 12.5. The lowest BCUT2D eigenvalue weighted by Gasteiger charge is -2.24. The SMILES string of the molecule is CCOCCCNC(=O)[C@H]1CCCN1C(=O)Nc1ccccc1[N+](=O)[O-]. The number of hydrogen-bond acceptors (Lipinski definition) is 5. The molecule has 1 aliphatic heterocycles. The number of carbonyl (C=O) groups excluding carboxylic acids is 2. The van der Waals surface area contributed by atoms with Gasteiger partial charge < -0.3 is 20.3 Å². The van der Waals surface area contributed by atoms with Crippen molar-refractivity contribution in [1.82, 2.24) is 10.2 Å². The molecule has 142 valence electrons. The maximum absolute atomic E-state index is 12.5. The van der Waals surface area contributed by atoms with E-state index < -0.39 is 17.0 Å². The predicted octanol–water partition coefficient (Wildman–Crippen LogP) is 2.13. The molecule has 1 fully saturated rings. The van der Waals surface area contributed by atoms with E-state index in [-0.39, 0.29) is 17.3 Å². The molecule has 1 atom stereocenters. The van der Waals surface area contributed by atoms with Crippen LogP contribution in [0.25, 0.3) is 0 Å². The van der Waals surface area contributed by atoms with Crippen molar-refractivity contribution in [3.05, 3.63) is 34.4 Å². The second-order valence-corrected chi connectivity index (χ2v) is 5.90. The van der Waals surface area contributed by atoms with Crippen LogP contribution in [-0.2, 0) is 9.53 Å². The van der Waals surface area contributed by atoms with Crippen LogP contribution in [0, 0.1) is 10.1 Å². The first kappa shape index (κ1) is 19.6. The van der Waals surface area contributed by atoms with Gasteiger partial charge in [0.1, 0.15) is 11.7 Å². The second-order valence-electron chi connectivity index (χ2n) is 5.90. The standard InChI is InChI=1S/C17H24N4O5/c1-2-26-12-6-10-18-16(22)15-9-5-11-20(15)17(23)19-13-7-3-4-8-14(13)21(24)25/h3-4,7-8,15H,2,5-6,9-12H2,1H3,(H,18,22)(H,19,23)/t15-/m1/s1. The van der Waals surface area contributed by atoms with E-state index in [1.165, 1.54) is 23.1 Å². The van der Waals surface area contributed by atoms with Gasteiger partial charge in [0.05, 0.1) is 4.92 Å². The lowest BCUT2D eigenvalue weighted by molar-refractivity contribution is -0.383. The molecule has 0 bridgehead atoms. The number of amides is 3. The summed E-state index contributed by atoms with van der Waals surface area (Å²) >= 11 is 0. The van der Waals surface area contributed by atoms with Gasteiger partial charge in [0, 0.05) is 32.4 Å². The number of hydrogen-bond donors (Lipinski definition) is 2. The lowest BCUT2D eigenvalue weighted by Crippen LogP contribution is -2.47. The molecule has 1 aromatic carbocycles. The van der Waals surface area contributed by atoms with Gasteiger partial charge in [0.15, 0.2) is 0 Å². The molecule has 9 heteroatoms. The maximum Gasteiger partial charge on any atom is 0.322 e. The smallest absolute Gasteiger partial charge is 0.322 e. The number of rotatable bonds is 8. The van der Waals surface area contributed by atoms with Gasteiger partial charge in [-0.1, -0.05) is 12.1 Å². The van der Waals surface area contributed by atoms with Gasteiger partial charge in [-0.15, -0.1) is 0 Å². The van der Waals surface area contributed by atoms with Crippen molar-refractivity contribution in [2.75, 3.05) is 31.6 Å². The number of anilines is 1. The van der Waals surface area contributed by atoms with Gasteiger partial charge in [-0.2, -0.15) is 0 Å². The van der Waals surface area contributed by atoms with Crippen LogP contribution in [0.4, 0.5) is 16.2 Å². The summed E-state index contributed by atoms with van der Waals surface area (Å²) in [7, 11) is 0. The first-order valence-corrected chi connectivity index (χ1v) is 8.71. The Hall–Kier alpha value is -2.68. The van der Waals surface area contributed by atoms with Crippen molar-refractivity contribution in [2.45, 2.75) is 32.2 Å². The van der Waals surface area contributed by atoms with E-state index in [0.717, 1.165) is 0 Å². The molecule has 1 heterocycles. The normalized spacial score (nSPS) is 16.3. The number of benzene rings is 1. The van der Waals surface area contributed by atoms with Crippen molar-refractivity contribution in [2.24, 2.45) is 0 Å². The zero-order chi connectivity index (χ0) is 18.9. The van der Waals surface area contributed by atoms with E-state index in [4.69, 9.17) is 4.74 Å². The highest BCUT2D eigenvalue weighted by Crippen LogP contribution is 2.25. The molecule has 0 spiro atoms. The van der Waals surface area contributed by atoms with E-state index in [9.17, 15) is 19.7 Å². The van der Waals surface area contributed by atoms with Crippen molar-refractivity contribution in [1.29, 1.82) is 0 Å². The largest absolute Gasteiger partial charge is 0.382 e. The first-order chi connectivity index (χ1) is 12.5. The van der Waals surface area contributed by atoms with E-state index in [1.54, 1.807) is 6.07 Å². The Bertz CT molecular complexity index is 652. The fraction of sp³-hybridized carbons (Fsp3) is 0.529. The van der Waals surface area contributed by atoms with Crippen molar-refractivity contribution < 1.29 is 19.2 Å². The monoisotopic (exact) mass is 364 g/mol. The number of nitrogens with zero attached hydrogens (tertiary/aromatic N) is 2. The van der Waals surface area contributed by atoms with Crippen LogP contribution in [-0.4, -0.2) is 54.1 Å². The Labute approximate surface area is 151 Å². The molecule has 26 heavy (non-hydrogen) atoms. The molecule has 1 aromatic rings. The quantitative estimate of drug-likeness (QED) is 0.417. The number of ether oxygens (including phenoxy) is 1. The Kier molecular flexibility index (Phi) is 7.34. The highest BCUT2D eigenvalue weighted by Gasteiger charge is 2.34. The van der Waals surface area contributed by atoms with Crippen LogP contribution in [0.1, 0.15) is 26.2 Å². The Morgan fingerprint density at radius 1 is 1.38 bits per heavy atom. The Balaban J connectivity index is 1.93. The fourth-order valence-corrected chi connectivity index (χ4v) is 2.86. The van der Waals surface area contributed by atoms with Crippen molar-refractivity contribution >= 4 is 23.3 Å². The third-order valence-electron chi connectivity index (χ3n) is 4.13. The third kappa shape index (κ3) is 5.16. The number of urea groups is 1. The lowest BCUT2D eigenvalue weighted by atomic mass is 10.2. The molecule has 3 amide bonds. The van der Waals surface area contributed by atoms with Crippen LogP contribution < -0.4 is 10.6 Å². The van der Waals surface area contributed by atoms with Crippen LogP contribution in [0.2, 0.25) is 0 Å². The molecular formula is C17H24N4O5. The summed E-state index contributed by atoms with van der Waals surface area (Å²) in [6.45, 7) is 4.03. The fourth-order valence-electron chi connectivity index (χ4n) is 2.86. The van der Waals surface area contributed by atoms with E-state index in [0.29, 0.717) is 45.6 Å². The summed E-state index contributed by atoms with van der Waals surface area (Å²) in [5.41, 5.74) is -0.0674. The number of nitro benzene ring substituents is 1. The molecule has 0 aromatic heterocycles. The van der Waals surface area contributed by atoms with Crippen LogP contribution >= 0.6 is 0 Å². The van der Waals surface area contributed by atoms with E-state index in [2.05, 4.69) is 10.6 Å².